The fraction of sp³-hybridized carbons (Fsp3) is 0.353. The number of aliphatic hydroxyl groups is 1. The molecule has 2 N–H and O–H groups in total. The zero-order valence-corrected chi connectivity index (χ0v) is 13.6. The van der Waals surface area contributed by atoms with Crippen molar-refractivity contribution >= 4 is 17.4 Å². The van der Waals surface area contributed by atoms with Crippen LogP contribution in [0.5, 0.6) is 0 Å². The number of rotatable bonds is 7. The standard InChI is InChI=1S/C17H22N2O2S/c1-14(16-8-5-11-22-16)12-18-17(21)19(9-10-20)13-15-6-3-2-4-7-15/h2-8,11,14,20H,9-10,12-13H2,1H3,(H,18,21). The molecule has 0 radical (unpaired) electrons. The molecule has 5 heteroatoms. The largest absolute Gasteiger partial charge is 0.395 e. The summed E-state index contributed by atoms with van der Waals surface area (Å²) < 4.78 is 0. The Morgan fingerprint density at radius 3 is 2.68 bits per heavy atom. The van der Waals surface area contributed by atoms with E-state index in [-0.39, 0.29) is 18.6 Å². The number of carbonyl (C=O) groups is 1. The van der Waals surface area contributed by atoms with Crippen LogP contribution >= 0.6 is 11.3 Å². The predicted octanol–water partition coefficient (Wildman–Crippen LogP) is 3.06. The van der Waals surface area contributed by atoms with Gasteiger partial charge in [0.05, 0.1) is 6.61 Å². The number of carbonyl (C=O) groups excluding carboxylic acids is 1. The third-order valence-corrected chi connectivity index (χ3v) is 4.57. The molecule has 0 saturated carbocycles. The number of nitrogens with one attached hydrogen (secondary N) is 1. The van der Waals surface area contributed by atoms with Crippen molar-refractivity contribution in [3.63, 3.8) is 0 Å². The van der Waals surface area contributed by atoms with E-state index in [9.17, 15) is 9.90 Å². The monoisotopic (exact) mass is 318 g/mol. The third kappa shape index (κ3) is 4.86. The Morgan fingerprint density at radius 2 is 2.05 bits per heavy atom. The van der Waals surface area contributed by atoms with E-state index in [1.807, 2.05) is 41.8 Å². The first-order valence-electron chi connectivity index (χ1n) is 7.41. The Morgan fingerprint density at radius 1 is 1.27 bits per heavy atom. The lowest BCUT2D eigenvalue weighted by atomic mass is 10.1. The molecule has 1 unspecified atom stereocenters. The van der Waals surface area contributed by atoms with Crippen LogP contribution in [0.2, 0.25) is 0 Å². The lowest BCUT2D eigenvalue weighted by Gasteiger charge is -2.23. The van der Waals surface area contributed by atoms with Gasteiger partial charge in [-0.1, -0.05) is 43.3 Å². The molecule has 2 rings (SSSR count). The molecule has 0 aliphatic heterocycles. The zero-order valence-electron chi connectivity index (χ0n) is 12.7. The van der Waals surface area contributed by atoms with Gasteiger partial charge in [0.25, 0.3) is 0 Å². The van der Waals surface area contributed by atoms with Crippen molar-refractivity contribution in [1.29, 1.82) is 0 Å². The number of benzene rings is 1. The number of nitrogens with zero attached hydrogens (tertiary/aromatic N) is 1. The molecule has 2 amide bonds. The highest BCUT2D eigenvalue weighted by Gasteiger charge is 2.15. The first-order valence-corrected chi connectivity index (χ1v) is 8.29. The van der Waals surface area contributed by atoms with Crippen molar-refractivity contribution in [3.8, 4) is 0 Å². The Hall–Kier alpha value is -1.85. The van der Waals surface area contributed by atoms with E-state index in [1.165, 1.54) is 4.88 Å². The molecule has 1 atom stereocenters. The summed E-state index contributed by atoms with van der Waals surface area (Å²) in [6.07, 6.45) is 0. The number of hydrogen-bond acceptors (Lipinski definition) is 3. The van der Waals surface area contributed by atoms with Crippen LogP contribution in [0.15, 0.2) is 47.8 Å². The minimum absolute atomic E-state index is 0.0409. The van der Waals surface area contributed by atoms with Crippen LogP contribution in [0, 0.1) is 0 Å². The van der Waals surface area contributed by atoms with Crippen molar-refractivity contribution in [1.82, 2.24) is 10.2 Å². The summed E-state index contributed by atoms with van der Waals surface area (Å²) in [5, 5.41) is 14.2. The van der Waals surface area contributed by atoms with Gasteiger partial charge in [-0.05, 0) is 17.0 Å². The van der Waals surface area contributed by atoms with Crippen LogP contribution in [0.1, 0.15) is 23.3 Å². The number of aliphatic hydroxyl groups excluding tert-OH is 1. The van der Waals surface area contributed by atoms with Gasteiger partial charge in [-0.25, -0.2) is 4.79 Å². The quantitative estimate of drug-likeness (QED) is 0.824. The predicted molar refractivity (Wildman–Crippen MR) is 90.1 cm³/mol. The van der Waals surface area contributed by atoms with Gasteiger partial charge >= 0.3 is 6.03 Å². The van der Waals surface area contributed by atoms with Gasteiger partial charge < -0.3 is 15.3 Å². The summed E-state index contributed by atoms with van der Waals surface area (Å²) in [4.78, 5) is 15.2. The normalized spacial score (nSPS) is 11.9. The van der Waals surface area contributed by atoms with E-state index >= 15 is 0 Å². The molecule has 0 saturated heterocycles. The molecule has 1 aromatic carbocycles. The highest BCUT2D eigenvalue weighted by Crippen LogP contribution is 2.19. The average molecular weight is 318 g/mol. The Kier molecular flexibility index (Phi) is 6.43. The first-order chi connectivity index (χ1) is 10.7. The maximum Gasteiger partial charge on any atom is 0.317 e. The van der Waals surface area contributed by atoms with Gasteiger partial charge in [0.15, 0.2) is 0 Å². The molecule has 118 valence electrons. The second-order valence-electron chi connectivity index (χ2n) is 5.23. The molecule has 0 bridgehead atoms. The van der Waals surface area contributed by atoms with Crippen molar-refractivity contribution in [3.05, 3.63) is 58.3 Å². The maximum atomic E-state index is 12.3. The molecule has 2 aromatic rings. The van der Waals surface area contributed by atoms with Crippen molar-refractivity contribution < 1.29 is 9.90 Å². The molecule has 22 heavy (non-hydrogen) atoms. The number of thiophene rings is 1. The van der Waals surface area contributed by atoms with Crippen LogP contribution < -0.4 is 5.32 Å². The average Bonchev–Trinajstić information content (AvgIpc) is 3.07. The summed E-state index contributed by atoms with van der Waals surface area (Å²) >= 11 is 1.70. The summed E-state index contributed by atoms with van der Waals surface area (Å²) in [7, 11) is 0. The van der Waals surface area contributed by atoms with Crippen LogP contribution in [-0.4, -0.2) is 35.7 Å². The SMILES string of the molecule is CC(CNC(=O)N(CCO)Cc1ccccc1)c1cccs1. The highest BCUT2D eigenvalue weighted by atomic mass is 32.1. The summed E-state index contributed by atoms with van der Waals surface area (Å²) in [6.45, 7) is 3.48. The van der Waals surface area contributed by atoms with Gasteiger partial charge in [-0.2, -0.15) is 0 Å². The first kappa shape index (κ1) is 16.5. The topological polar surface area (TPSA) is 52.6 Å². The lowest BCUT2D eigenvalue weighted by Crippen LogP contribution is -2.42. The summed E-state index contributed by atoms with van der Waals surface area (Å²) in [5.41, 5.74) is 1.05. The van der Waals surface area contributed by atoms with E-state index in [4.69, 9.17) is 0 Å². The second-order valence-corrected chi connectivity index (χ2v) is 6.21. The van der Waals surface area contributed by atoms with Gasteiger partial charge in [0.1, 0.15) is 0 Å². The van der Waals surface area contributed by atoms with Crippen LogP contribution in [0.4, 0.5) is 4.79 Å². The van der Waals surface area contributed by atoms with E-state index in [1.54, 1.807) is 16.2 Å². The van der Waals surface area contributed by atoms with E-state index in [0.717, 1.165) is 5.56 Å². The molecule has 4 nitrogen and oxygen atoms in total. The maximum absolute atomic E-state index is 12.3. The van der Waals surface area contributed by atoms with Crippen molar-refractivity contribution in [2.24, 2.45) is 0 Å². The second kappa shape index (κ2) is 8.56. The Balaban J connectivity index is 1.89. The smallest absolute Gasteiger partial charge is 0.317 e. The van der Waals surface area contributed by atoms with Crippen molar-refractivity contribution in [2.45, 2.75) is 19.4 Å². The molecule has 1 heterocycles. The molecule has 0 spiro atoms. The molecular weight excluding hydrogens is 296 g/mol. The summed E-state index contributed by atoms with van der Waals surface area (Å²) in [6, 6.07) is 13.8. The van der Waals surface area contributed by atoms with Gasteiger partial charge in [-0.3, -0.25) is 0 Å². The molecule has 0 fully saturated rings. The minimum atomic E-state index is -0.138. The number of urea groups is 1. The Bertz CT molecular complexity index is 557. The number of hydrogen-bond donors (Lipinski definition) is 2. The van der Waals surface area contributed by atoms with E-state index < -0.39 is 0 Å². The highest BCUT2D eigenvalue weighted by molar-refractivity contribution is 7.10. The van der Waals surface area contributed by atoms with E-state index in [0.29, 0.717) is 19.6 Å². The van der Waals surface area contributed by atoms with Crippen LogP contribution in [0.3, 0.4) is 0 Å². The van der Waals surface area contributed by atoms with E-state index in [2.05, 4.69) is 18.3 Å². The summed E-state index contributed by atoms with van der Waals surface area (Å²) in [5.74, 6) is 0.289. The van der Waals surface area contributed by atoms with Gasteiger partial charge in [0.2, 0.25) is 0 Å². The fourth-order valence-corrected chi connectivity index (χ4v) is 2.99. The minimum Gasteiger partial charge on any atom is -0.395 e. The molecular formula is C17H22N2O2S. The number of amides is 2. The zero-order chi connectivity index (χ0) is 15.8. The van der Waals surface area contributed by atoms with Crippen molar-refractivity contribution in [2.75, 3.05) is 19.7 Å². The molecule has 0 aliphatic rings. The third-order valence-electron chi connectivity index (χ3n) is 3.46. The van der Waals surface area contributed by atoms with Crippen LogP contribution in [-0.2, 0) is 6.54 Å². The van der Waals surface area contributed by atoms with Gasteiger partial charge in [0, 0.05) is 30.4 Å². The van der Waals surface area contributed by atoms with Crippen LogP contribution in [0.25, 0.3) is 0 Å². The van der Waals surface area contributed by atoms with Gasteiger partial charge in [-0.15, -0.1) is 11.3 Å². The molecule has 0 aliphatic carbocycles. The molecule has 1 aromatic heterocycles. The fourth-order valence-electron chi connectivity index (χ4n) is 2.20. The lowest BCUT2D eigenvalue weighted by molar-refractivity contribution is 0.173. The Labute approximate surface area is 135 Å².